The molecule has 1 amide bonds. The van der Waals surface area contributed by atoms with E-state index in [1.807, 2.05) is 13.8 Å². The molecule has 1 aromatic carbocycles. The summed E-state index contributed by atoms with van der Waals surface area (Å²) >= 11 is 0. The SMILES string of the molecule is CCNC(=O)[C@H](C)N1CCC(Cc2ccccc2)CC1. The number of carbonyl (C=O) groups excluding carboxylic acids is 1. The van der Waals surface area contributed by atoms with Gasteiger partial charge in [-0.05, 0) is 57.7 Å². The van der Waals surface area contributed by atoms with Crippen LogP contribution in [0, 0.1) is 5.92 Å². The summed E-state index contributed by atoms with van der Waals surface area (Å²) in [6.45, 7) is 6.78. The molecule has 1 atom stereocenters. The third kappa shape index (κ3) is 4.07. The minimum Gasteiger partial charge on any atom is -0.355 e. The van der Waals surface area contributed by atoms with Crippen molar-refractivity contribution in [3.8, 4) is 0 Å². The zero-order chi connectivity index (χ0) is 14.4. The van der Waals surface area contributed by atoms with E-state index in [4.69, 9.17) is 0 Å². The van der Waals surface area contributed by atoms with Crippen LogP contribution in [0.2, 0.25) is 0 Å². The van der Waals surface area contributed by atoms with Crippen molar-refractivity contribution in [2.24, 2.45) is 5.92 Å². The maximum absolute atomic E-state index is 11.9. The molecule has 3 nitrogen and oxygen atoms in total. The van der Waals surface area contributed by atoms with Crippen LogP contribution in [0.3, 0.4) is 0 Å². The smallest absolute Gasteiger partial charge is 0.237 e. The van der Waals surface area contributed by atoms with Gasteiger partial charge in [0.1, 0.15) is 0 Å². The van der Waals surface area contributed by atoms with Crippen LogP contribution in [0.25, 0.3) is 0 Å². The van der Waals surface area contributed by atoms with Gasteiger partial charge in [-0.25, -0.2) is 0 Å². The third-order valence-corrected chi connectivity index (χ3v) is 4.29. The van der Waals surface area contributed by atoms with Crippen molar-refractivity contribution in [3.05, 3.63) is 35.9 Å². The monoisotopic (exact) mass is 274 g/mol. The van der Waals surface area contributed by atoms with Crippen LogP contribution >= 0.6 is 0 Å². The van der Waals surface area contributed by atoms with E-state index in [-0.39, 0.29) is 11.9 Å². The molecule has 1 fully saturated rings. The lowest BCUT2D eigenvalue weighted by Gasteiger charge is -2.35. The largest absolute Gasteiger partial charge is 0.355 e. The highest BCUT2D eigenvalue weighted by Gasteiger charge is 2.26. The second-order valence-electron chi connectivity index (χ2n) is 5.74. The molecule has 1 aliphatic heterocycles. The van der Waals surface area contributed by atoms with Crippen molar-refractivity contribution in [1.29, 1.82) is 0 Å². The molecule has 0 unspecified atom stereocenters. The Morgan fingerprint density at radius 3 is 2.55 bits per heavy atom. The fourth-order valence-electron chi connectivity index (χ4n) is 2.98. The molecular formula is C17H26N2O. The van der Waals surface area contributed by atoms with Gasteiger partial charge in [0.25, 0.3) is 0 Å². The molecule has 0 saturated carbocycles. The molecule has 1 saturated heterocycles. The van der Waals surface area contributed by atoms with Crippen LogP contribution in [-0.4, -0.2) is 36.5 Å². The number of piperidine rings is 1. The number of likely N-dealkylation sites (tertiary alicyclic amines) is 1. The molecule has 0 aliphatic carbocycles. The van der Waals surface area contributed by atoms with Gasteiger partial charge < -0.3 is 5.32 Å². The summed E-state index contributed by atoms with van der Waals surface area (Å²) in [4.78, 5) is 14.2. The Kier molecular flexibility index (Phi) is 5.60. The van der Waals surface area contributed by atoms with E-state index < -0.39 is 0 Å². The lowest BCUT2D eigenvalue weighted by atomic mass is 9.89. The van der Waals surface area contributed by atoms with E-state index in [2.05, 4.69) is 40.5 Å². The Labute approximate surface area is 122 Å². The number of hydrogen-bond donors (Lipinski definition) is 1. The first-order valence-corrected chi connectivity index (χ1v) is 7.76. The van der Waals surface area contributed by atoms with Crippen molar-refractivity contribution < 1.29 is 4.79 Å². The Balaban J connectivity index is 1.79. The molecule has 2 rings (SSSR count). The molecule has 0 radical (unpaired) electrons. The van der Waals surface area contributed by atoms with E-state index in [0.717, 1.165) is 19.0 Å². The van der Waals surface area contributed by atoms with Gasteiger partial charge in [0.2, 0.25) is 5.91 Å². The number of rotatable bonds is 5. The molecule has 3 heteroatoms. The number of likely N-dealkylation sites (N-methyl/N-ethyl adjacent to an activating group) is 1. The van der Waals surface area contributed by atoms with Crippen molar-refractivity contribution >= 4 is 5.91 Å². The van der Waals surface area contributed by atoms with Gasteiger partial charge in [-0.2, -0.15) is 0 Å². The minimum atomic E-state index is 0.00706. The van der Waals surface area contributed by atoms with Crippen LogP contribution in [0.15, 0.2) is 30.3 Å². The van der Waals surface area contributed by atoms with Gasteiger partial charge in [-0.1, -0.05) is 30.3 Å². The van der Waals surface area contributed by atoms with Crippen molar-refractivity contribution in [2.75, 3.05) is 19.6 Å². The van der Waals surface area contributed by atoms with Crippen LogP contribution < -0.4 is 5.32 Å². The van der Waals surface area contributed by atoms with Crippen molar-refractivity contribution in [1.82, 2.24) is 10.2 Å². The Bertz CT molecular complexity index is 410. The number of nitrogens with one attached hydrogen (secondary N) is 1. The fourth-order valence-corrected chi connectivity index (χ4v) is 2.98. The molecule has 0 spiro atoms. The van der Waals surface area contributed by atoms with Gasteiger partial charge in [-0.3, -0.25) is 9.69 Å². The summed E-state index contributed by atoms with van der Waals surface area (Å²) in [7, 11) is 0. The topological polar surface area (TPSA) is 32.3 Å². The van der Waals surface area contributed by atoms with Gasteiger partial charge in [0, 0.05) is 6.54 Å². The summed E-state index contributed by atoms with van der Waals surface area (Å²) in [5.74, 6) is 0.920. The molecule has 0 bridgehead atoms. The molecule has 1 N–H and O–H groups in total. The summed E-state index contributed by atoms with van der Waals surface area (Å²) in [5.41, 5.74) is 1.43. The maximum Gasteiger partial charge on any atom is 0.237 e. The van der Waals surface area contributed by atoms with Gasteiger partial charge in [0.15, 0.2) is 0 Å². The Morgan fingerprint density at radius 2 is 1.95 bits per heavy atom. The molecule has 1 aromatic rings. The van der Waals surface area contributed by atoms with Gasteiger partial charge in [-0.15, -0.1) is 0 Å². The molecule has 20 heavy (non-hydrogen) atoms. The van der Waals surface area contributed by atoms with Gasteiger partial charge in [0.05, 0.1) is 6.04 Å². The normalized spacial score (nSPS) is 18.7. The average Bonchev–Trinajstić information content (AvgIpc) is 2.48. The molecular weight excluding hydrogens is 248 g/mol. The highest BCUT2D eigenvalue weighted by molar-refractivity contribution is 5.81. The lowest BCUT2D eigenvalue weighted by Crippen LogP contribution is -2.48. The molecule has 1 aliphatic rings. The zero-order valence-corrected chi connectivity index (χ0v) is 12.6. The van der Waals surface area contributed by atoms with E-state index in [1.165, 1.54) is 24.8 Å². The third-order valence-electron chi connectivity index (χ3n) is 4.29. The molecule has 0 aromatic heterocycles. The number of benzene rings is 1. The number of amides is 1. The standard InChI is InChI=1S/C17H26N2O/c1-3-18-17(20)14(2)19-11-9-16(10-12-19)13-15-7-5-4-6-8-15/h4-8,14,16H,3,9-13H2,1-2H3,(H,18,20)/t14-/m0/s1. The van der Waals surface area contributed by atoms with Crippen LogP contribution in [-0.2, 0) is 11.2 Å². The Morgan fingerprint density at radius 1 is 1.30 bits per heavy atom. The highest BCUT2D eigenvalue weighted by Crippen LogP contribution is 2.22. The molecule has 110 valence electrons. The number of carbonyl (C=O) groups is 1. The zero-order valence-electron chi connectivity index (χ0n) is 12.6. The molecule has 1 heterocycles. The quantitative estimate of drug-likeness (QED) is 0.894. The fraction of sp³-hybridized carbons (Fsp3) is 0.588. The second-order valence-corrected chi connectivity index (χ2v) is 5.74. The summed E-state index contributed by atoms with van der Waals surface area (Å²) in [5, 5.41) is 2.91. The predicted molar refractivity (Wildman–Crippen MR) is 82.6 cm³/mol. The lowest BCUT2D eigenvalue weighted by molar-refractivity contribution is -0.126. The highest BCUT2D eigenvalue weighted by atomic mass is 16.2. The minimum absolute atomic E-state index is 0.00706. The average molecular weight is 274 g/mol. The second kappa shape index (κ2) is 7.44. The van der Waals surface area contributed by atoms with E-state index >= 15 is 0 Å². The first-order valence-electron chi connectivity index (χ1n) is 7.76. The van der Waals surface area contributed by atoms with Crippen molar-refractivity contribution in [3.63, 3.8) is 0 Å². The summed E-state index contributed by atoms with van der Waals surface area (Å²) < 4.78 is 0. The van der Waals surface area contributed by atoms with E-state index in [9.17, 15) is 4.79 Å². The van der Waals surface area contributed by atoms with E-state index in [1.54, 1.807) is 0 Å². The predicted octanol–water partition coefficient (Wildman–Crippen LogP) is 2.47. The summed E-state index contributed by atoms with van der Waals surface area (Å²) in [6, 6.07) is 10.7. The van der Waals surface area contributed by atoms with E-state index in [0.29, 0.717) is 6.54 Å². The maximum atomic E-state index is 11.9. The first kappa shape index (κ1) is 15.0. The van der Waals surface area contributed by atoms with Crippen LogP contribution in [0.4, 0.5) is 0 Å². The van der Waals surface area contributed by atoms with Gasteiger partial charge >= 0.3 is 0 Å². The number of nitrogens with zero attached hydrogens (tertiary/aromatic N) is 1. The Hall–Kier alpha value is -1.35. The van der Waals surface area contributed by atoms with Crippen molar-refractivity contribution in [2.45, 2.75) is 39.2 Å². The summed E-state index contributed by atoms with van der Waals surface area (Å²) in [6.07, 6.45) is 3.56. The first-order chi connectivity index (χ1) is 9.70. The van der Waals surface area contributed by atoms with Crippen LogP contribution in [0.1, 0.15) is 32.3 Å². The van der Waals surface area contributed by atoms with Crippen LogP contribution in [0.5, 0.6) is 0 Å². The number of hydrogen-bond acceptors (Lipinski definition) is 2.